The number of alkyl halides is 5. The van der Waals surface area contributed by atoms with E-state index < -0.39 is 36.6 Å². The third-order valence-electron chi connectivity index (χ3n) is 1.93. The third kappa shape index (κ3) is 3.19. The van der Waals surface area contributed by atoms with Crippen LogP contribution in [0.4, 0.5) is 22.0 Å². The molecule has 0 atom stereocenters. The molecule has 0 spiro atoms. The van der Waals surface area contributed by atoms with Gasteiger partial charge in [-0.25, -0.2) is 13.8 Å². The molecule has 18 heavy (non-hydrogen) atoms. The maximum Gasteiger partial charge on any atom is 0.574 e. The van der Waals surface area contributed by atoms with Crippen molar-refractivity contribution >= 4 is 0 Å². The van der Waals surface area contributed by atoms with Crippen LogP contribution in [-0.4, -0.2) is 23.6 Å². The maximum absolute atomic E-state index is 12.7. The van der Waals surface area contributed by atoms with Gasteiger partial charge in [-0.3, -0.25) is 0 Å². The minimum Gasteiger partial charge on any atom is -0.491 e. The van der Waals surface area contributed by atoms with E-state index in [1.807, 2.05) is 0 Å². The average Bonchev–Trinajstić information content (AvgIpc) is 2.26. The van der Waals surface area contributed by atoms with E-state index in [0.29, 0.717) is 6.20 Å². The fourth-order valence-corrected chi connectivity index (χ4v) is 1.27. The Hall–Kier alpha value is -1.64. The van der Waals surface area contributed by atoms with Gasteiger partial charge in [0.25, 0.3) is 12.3 Å². The summed E-state index contributed by atoms with van der Waals surface area (Å²) in [4.78, 5) is 3.19. The monoisotopic (exact) mass is 273 g/mol. The quantitative estimate of drug-likeness (QED) is 0.856. The molecule has 0 bridgehead atoms. The number of ether oxygens (including phenoxy) is 2. The van der Waals surface area contributed by atoms with Crippen LogP contribution in [0.3, 0.4) is 0 Å². The predicted molar refractivity (Wildman–Crippen MR) is 48.4 cm³/mol. The second kappa shape index (κ2) is 5.34. The molecule has 1 aromatic rings. The number of hydrogen-bond acceptors (Lipinski definition) is 4. The first kappa shape index (κ1) is 14.4. The van der Waals surface area contributed by atoms with E-state index >= 15 is 0 Å². The molecule has 1 heterocycles. The minimum atomic E-state index is -5.08. The highest BCUT2D eigenvalue weighted by atomic mass is 19.4. The summed E-state index contributed by atoms with van der Waals surface area (Å²) in [5.74, 6) is -1.98. The van der Waals surface area contributed by atoms with Crippen LogP contribution in [0.1, 0.15) is 17.6 Å². The highest BCUT2D eigenvalue weighted by Gasteiger charge is 2.35. The van der Waals surface area contributed by atoms with Gasteiger partial charge >= 0.3 is 6.36 Å². The van der Waals surface area contributed by atoms with E-state index in [4.69, 9.17) is 5.11 Å². The van der Waals surface area contributed by atoms with E-state index in [0.717, 1.165) is 7.11 Å². The second-order valence-electron chi connectivity index (χ2n) is 3.04. The van der Waals surface area contributed by atoms with Crippen LogP contribution in [0.2, 0.25) is 0 Å². The molecule has 0 amide bonds. The van der Waals surface area contributed by atoms with Gasteiger partial charge in [0.15, 0.2) is 5.75 Å². The SMILES string of the molecule is COc1c(OC(F)(F)F)ncc(CO)c1C(F)F. The van der Waals surface area contributed by atoms with Gasteiger partial charge in [0.1, 0.15) is 0 Å². The second-order valence-corrected chi connectivity index (χ2v) is 3.04. The Morgan fingerprint density at radius 3 is 2.39 bits per heavy atom. The highest BCUT2D eigenvalue weighted by Crippen LogP contribution is 2.39. The summed E-state index contributed by atoms with van der Waals surface area (Å²) < 4.78 is 69.4. The molecule has 4 nitrogen and oxygen atoms in total. The molecule has 1 N–H and O–H groups in total. The van der Waals surface area contributed by atoms with Crippen LogP contribution in [0.15, 0.2) is 6.20 Å². The van der Waals surface area contributed by atoms with E-state index in [1.165, 1.54) is 0 Å². The van der Waals surface area contributed by atoms with Gasteiger partial charge in [0.05, 0.1) is 19.3 Å². The number of aliphatic hydroxyl groups is 1. The summed E-state index contributed by atoms with van der Waals surface area (Å²) in [6.45, 7) is -0.810. The van der Waals surface area contributed by atoms with E-state index in [1.54, 1.807) is 0 Å². The van der Waals surface area contributed by atoms with Crippen molar-refractivity contribution < 1.29 is 36.5 Å². The Labute approximate surface area is 98.0 Å². The molecule has 0 aromatic carbocycles. The predicted octanol–water partition coefficient (Wildman–Crippen LogP) is 2.42. The molecule has 0 fully saturated rings. The van der Waals surface area contributed by atoms with E-state index in [2.05, 4.69) is 14.5 Å². The lowest BCUT2D eigenvalue weighted by molar-refractivity contribution is -0.276. The van der Waals surface area contributed by atoms with Crippen LogP contribution >= 0.6 is 0 Å². The van der Waals surface area contributed by atoms with Crippen LogP contribution in [0, 0.1) is 0 Å². The van der Waals surface area contributed by atoms with Crippen molar-refractivity contribution in [2.75, 3.05) is 7.11 Å². The summed E-state index contributed by atoms with van der Waals surface area (Å²) in [5, 5.41) is 8.82. The summed E-state index contributed by atoms with van der Waals surface area (Å²) >= 11 is 0. The molecule has 0 aliphatic carbocycles. The molecule has 0 aliphatic rings. The van der Waals surface area contributed by atoms with E-state index in [9.17, 15) is 22.0 Å². The van der Waals surface area contributed by atoms with Crippen molar-refractivity contribution in [3.05, 3.63) is 17.3 Å². The topological polar surface area (TPSA) is 51.6 Å². The summed E-state index contributed by atoms with van der Waals surface area (Å²) in [6, 6.07) is 0. The molecule has 1 rings (SSSR count). The van der Waals surface area contributed by atoms with Crippen molar-refractivity contribution in [3.8, 4) is 11.6 Å². The summed E-state index contributed by atoms with van der Waals surface area (Å²) in [7, 11) is 0.896. The average molecular weight is 273 g/mol. The van der Waals surface area contributed by atoms with Crippen molar-refractivity contribution in [1.82, 2.24) is 4.98 Å². The zero-order valence-electron chi connectivity index (χ0n) is 8.96. The first-order valence-electron chi connectivity index (χ1n) is 4.50. The molecule has 0 saturated heterocycles. The Kier molecular flexibility index (Phi) is 4.28. The zero-order valence-corrected chi connectivity index (χ0v) is 8.96. The lowest BCUT2D eigenvalue weighted by atomic mass is 10.1. The molecular weight excluding hydrogens is 265 g/mol. The number of aliphatic hydroxyl groups excluding tert-OH is 1. The van der Waals surface area contributed by atoms with Crippen LogP contribution in [0.5, 0.6) is 11.6 Å². The number of hydrogen-bond donors (Lipinski definition) is 1. The Morgan fingerprint density at radius 1 is 1.39 bits per heavy atom. The maximum atomic E-state index is 12.7. The van der Waals surface area contributed by atoms with Crippen LogP contribution < -0.4 is 9.47 Å². The van der Waals surface area contributed by atoms with Crippen molar-refractivity contribution in [2.24, 2.45) is 0 Å². The minimum absolute atomic E-state index is 0.337. The van der Waals surface area contributed by atoms with Crippen molar-refractivity contribution in [2.45, 2.75) is 19.4 Å². The smallest absolute Gasteiger partial charge is 0.491 e. The molecule has 0 saturated carbocycles. The standard InChI is InChI=1S/C9H8F5NO3/c1-17-6-5(7(10)11)4(3-16)2-15-8(6)18-9(12,13)14/h2,7,16H,3H2,1H3. The number of nitrogens with zero attached hydrogens (tertiary/aromatic N) is 1. The normalized spacial score (nSPS) is 11.8. The molecule has 9 heteroatoms. The van der Waals surface area contributed by atoms with Crippen LogP contribution in [-0.2, 0) is 6.61 Å². The Bertz CT molecular complexity index is 421. The van der Waals surface area contributed by atoms with Gasteiger partial charge in [-0.1, -0.05) is 0 Å². The molecule has 0 unspecified atom stereocenters. The number of methoxy groups -OCH3 is 1. The van der Waals surface area contributed by atoms with Crippen LogP contribution in [0.25, 0.3) is 0 Å². The number of rotatable bonds is 4. The van der Waals surface area contributed by atoms with Gasteiger partial charge in [0.2, 0.25) is 0 Å². The molecule has 0 radical (unpaired) electrons. The molecule has 0 aliphatic heterocycles. The lowest BCUT2D eigenvalue weighted by Crippen LogP contribution is -2.19. The van der Waals surface area contributed by atoms with Gasteiger partial charge < -0.3 is 14.6 Å². The van der Waals surface area contributed by atoms with Gasteiger partial charge in [-0.05, 0) is 0 Å². The highest BCUT2D eigenvalue weighted by molar-refractivity contribution is 5.46. The van der Waals surface area contributed by atoms with Crippen molar-refractivity contribution in [1.29, 1.82) is 0 Å². The molecule has 102 valence electrons. The van der Waals surface area contributed by atoms with Gasteiger partial charge in [-0.15, -0.1) is 13.2 Å². The number of pyridine rings is 1. The zero-order chi connectivity index (χ0) is 13.9. The fraction of sp³-hybridized carbons (Fsp3) is 0.444. The molecular formula is C9H8F5NO3. The Balaban J connectivity index is 3.33. The van der Waals surface area contributed by atoms with Gasteiger partial charge in [0, 0.05) is 11.8 Å². The number of halogens is 5. The third-order valence-corrected chi connectivity index (χ3v) is 1.93. The fourth-order valence-electron chi connectivity index (χ4n) is 1.27. The van der Waals surface area contributed by atoms with E-state index in [-0.39, 0.29) is 5.56 Å². The largest absolute Gasteiger partial charge is 0.574 e. The van der Waals surface area contributed by atoms with Crippen molar-refractivity contribution in [3.63, 3.8) is 0 Å². The summed E-state index contributed by atoms with van der Waals surface area (Å²) in [5.41, 5.74) is -1.22. The summed E-state index contributed by atoms with van der Waals surface area (Å²) in [6.07, 6.45) is -7.55. The first-order valence-corrected chi connectivity index (χ1v) is 4.50. The number of aromatic nitrogens is 1. The first-order chi connectivity index (χ1) is 8.30. The Morgan fingerprint density at radius 2 is 2.00 bits per heavy atom. The molecule has 1 aromatic heterocycles. The lowest BCUT2D eigenvalue weighted by Gasteiger charge is -2.16. The van der Waals surface area contributed by atoms with Gasteiger partial charge in [-0.2, -0.15) is 0 Å².